The first-order valence-corrected chi connectivity index (χ1v) is 6.02. The molecule has 2 aromatic carbocycles. The molecule has 0 aromatic heterocycles. The lowest BCUT2D eigenvalue weighted by Crippen LogP contribution is -2.12. The summed E-state index contributed by atoms with van der Waals surface area (Å²) in [4.78, 5) is 12.0. The monoisotopic (exact) mass is 295 g/mol. The van der Waals surface area contributed by atoms with Crippen molar-refractivity contribution in [2.45, 2.75) is 0 Å². The molecule has 2 rings (SSSR count). The number of hydrogen-bond donors (Lipinski definition) is 2. The van der Waals surface area contributed by atoms with Gasteiger partial charge in [0.1, 0.15) is 5.75 Å². The Kier molecular flexibility index (Phi) is 4.10. The molecule has 0 aliphatic rings. The highest BCUT2D eigenvalue weighted by molar-refractivity contribution is 6.34. The van der Waals surface area contributed by atoms with Gasteiger partial charge in [-0.1, -0.05) is 11.6 Å². The van der Waals surface area contributed by atoms with Gasteiger partial charge >= 0.3 is 0 Å². The molecular formula is C14H11ClFNO3. The number of ether oxygens (including phenoxy) is 1. The van der Waals surface area contributed by atoms with E-state index < -0.39 is 11.7 Å². The number of nitrogens with one attached hydrogen (secondary N) is 1. The molecule has 0 radical (unpaired) electrons. The molecule has 0 aliphatic heterocycles. The molecule has 0 aliphatic carbocycles. The quantitative estimate of drug-likeness (QED) is 0.853. The van der Waals surface area contributed by atoms with Gasteiger partial charge in [0, 0.05) is 11.6 Å². The predicted octanol–water partition coefficient (Wildman–Crippen LogP) is 3.45. The third-order valence-electron chi connectivity index (χ3n) is 2.61. The summed E-state index contributed by atoms with van der Waals surface area (Å²) < 4.78 is 18.3. The molecule has 2 N–H and O–H groups in total. The van der Waals surface area contributed by atoms with Gasteiger partial charge in [-0.15, -0.1) is 0 Å². The minimum Gasteiger partial charge on any atom is -0.508 e. The van der Waals surface area contributed by atoms with Gasteiger partial charge in [-0.2, -0.15) is 0 Å². The van der Waals surface area contributed by atoms with Gasteiger partial charge in [0.25, 0.3) is 5.91 Å². The average Bonchev–Trinajstić information content (AvgIpc) is 2.41. The van der Waals surface area contributed by atoms with Crippen molar-refractivity contribution in [3.63, 3.8) is 0 Å². The first-order valence-electron chi connectivity index (χ1n) is 5.64. The fourth-order valence-corrected chi connectivity index (χ4v) is 1.83. The molecule has 6 heteroatoms. The van der Waals surface area contributed by atoms with Crippen LogP contribution < -0.4 is 10.1 Å². The highest BCUT2D eigenvalue weighted by Gasteiger charge is 2.12. The Hall–Kier alpha value is -2.27. The molecule has 0 saturated carbocycles. The van der Waals surface area contributed by atoms with Crippen molar-refractivity contribution < 1.29 is 19.0 Å². The van der Waals surface area contributed by atoms with Gasteiger partial charge in [-0.05, 0) is 30.3 Å². The van der Waals surface area contributed by atoms with Gasteiger partial charge in [0.05, 0.1) is 17.8 Å². The van der Waals surface area contributed by atoms with Crippen LogP contribution >= 0.6 is 11.6 Å². The maximum atomic E-state index is 13.5. The lowest BCUT2D eigenvalue weighted by molar-refractivity contribution is 0.102. The number of hydrogen-bond acceptors (Lipinski definition) is 3. The van der Waals surface area contributed by atoms with E-state index in [0.717, 1.165) is 6.07 Å². The van der Waals surface area contributed by atoms with Crippen LogP contribution in [0.2, 0.25) is 5.02 Å². The number of phenolic OH excluding ortho intramolecular Hbond substituents is 1. The number of benzene rings is 2. The molecule has 2 aromatic rings. The van der Waals surface area contributed by atoms with Crippen LogP contribution in [0.3, 0.4) is 0 Å². The molecule has 0 atom stereocenters. The highest BCUT2D eigenvalue weighted by atomic mass is 35.5. The number of halogens is 2. The van der Waals surface area contributed by atoms with Crippen LogP contribution in [0.4, 0.5) is 10.1 Å². The summed E-state index contributed by atoms with van der Waals surface area (Å²) in [5, 5.41) is 11.9. The molecular weight excluding hydrogens is 285 g/mol. The van der Waals surface area contributed by atoms with Crippen LogP contribution in [0.25, 0.3) is 0 Å². The number of phenols is 1. The summed E-state index contributed by atoms with van der Waals surface area (Å²) in [5.41, 5.74) is 0.457. The number of aromatic hydroxyl groups is 1. The molecule has 104 valence electrons. The van der Waals surface area contributed by atoms with E-state index in [0.29, 0.717) is 5.69 Å². The molecule has 0 spiro atoms. The second-order valence-electron chi connectivity index (χ2n) is 3.97. The summed E-state index contributed by atoms with van der Waals surface area (Å²) >= 11 is 5.87. The summed E-state index contributed by atoms with van der Waals surface area (Å²) in [6.07, 6.45) is 0. The summed E-state index contributed by atoms with van der Waals surface area (Å²) in [7, 11) is 1.34. The van der Waals surface area contributed by atoms with Gasteiger partial charge in [0.2, 0.25) is 0 Å². The van der Waals surface area contributed by atoms with E-state index in [4.69, 9.17) is 16.3 Å². The summed E-state index contributed by atoms with van der Waals surface area (Å²) in [6, 6.07) is 8.01. The lowest BCUT2D eigenvalue weighted by Gasteiger charge is -2.08. The number of methoxy groups -OCH3 is 1. The van der Waals surface area contributed by atoms with Crippen LogP contribution in [-0.4, -0.2) is 18.1 Å². The Bertz CT molecular complexity index is 661. The van der Waals surface area contributed by atoms with Crippen molar-refractivity contribution in [2.75, 3.05) is 12.4 Å². The van der Waals surface area contributed by atoms with Crippen molar-refractivity contribution in [1.82, 2.24) is 0 Å². The van der Waals surface area contributed by atoms with Crippen molar-refractivity contribution in [3.8, 4) is 11.5 Å². The zero-order valence-electron chi connectivity index (χ0n) is 10.5. The third kappa shape index (κ3) is 3.00. The predicted molar refractivity (Wildman–Crippen MR) is 74.0 cm³/mol. The lowest BCUT2D eigenvalue weighted by atomic mass is 10.2. The molecule has 0 heterocycles. The molecule has 0 fully saturated rings. The molecule has 0 bridgehead atoms. The average molecular weight is 296 g/mol. The maximum Gasteiger partial charge on any atom is 0.255 e. The maximum absolute atomic E-state index is 13.5. The van der Waals surface area contributed by atoms with Crippen molar-refractivity contribution in [3.05, 3.63) is 52.8 Å². The van der Waals surface area contributed by atoms with Crippen LogP contribution in [0.1, 0.15) is 10.4 Å². The number of rotatable bonds is 3. The van der Waals surface area contributed by atoms with Crippen molar-refractivity contribution >= 4 is 23.2 Å². The minimum absolute atomic E-state index is 0.0107. The second-order valence-corrected chi connectivity index (χ2v) is 4.37. The molecule has 0 saturated heterocycles. The van der Waals surface area contributed by atoms with Gasteiger partial charge in [0.15, 0.2) is 11.6 Å². The van der Waals surface area contributed by atoms with E-state index in [-0.39, 0.29) is 22.1 Å². The molecule has 1 amide bonds. The zero-order chi connectivity index (χ0) is 14.7. The largest absolute Gasteiger partial charge is 0.508 e. The SMILES string of the molecule is COc1ccc(C(=O)Nc2ccc(O)cc2Cl)cc1F. The fourth-order valence-electron chi connectivity index (χ4n) is 1.61. The highest BCUT2D eigenvalue weighted by Crippen LogP contribution is 2.26. The Morgan fingerprint density at radius 3 is 2.65 bits per heavy atom. The number of carbonyl (C=O) groups excluding carboxylic acids is 1. The number of carbonyl (C=O) groups is 1. The van der Waals surface area contributed by atoms with Gasteiger partial charge in [-0.3, -0.25) is 4.79 Å². The third-order valence-corrected chi connectivity index (χ3v) is 2.93. The first-order chi connectivity index (χ1) is 9.51. The Morgan fingerprint density at radius 1 is 1.30 bits per heavy atom. The van der Waals surface area contributed by atoms with Crippen molar-refractivity contribution in [2.24, 2.45) is 0 Å². The normalized spacial score (nSPS) is 10.2. The van der Waals surface area contributed by atoms with Gasteiger partial charge in [-0.25, -0.2) is 4.39 Å². The zero-order valence-corrected chi connectivity index (χ0v) is 11.2. The van der Waals surface area contributed by atoms with E-state index in [2.05, 4.69) is 5.32 Å². The second kappa shape index (κ2) is 5.79. The van der Waals surface area contributed by atoms with E-state index >= 15 is 0 Å². The van der Waals surface area contributed by atoms with E-state index in [1.165, 1.54) is 37.4 Å². The Morgan fingerprint density at radius 2 is 2.05 bits per heavy atom. The Balaban J connectivity index is 2.21. The number of anilines is 1. The summed E-state index contributed by atoms with van der Waals surface area (Å²) in [6.45, 7) is 0. The van der Waals surface area contributed by atoms with Crippen molar-refractivity contribution in [1.29, 1.82) is 0 Å². The van der Waals surface area contributed by atoms with Crippen LogP contribution in [0.15, 0.2) is 36.4 Å². The smallest absolute Gasteiger partial charge is 0.255 e. The fraction of sp³-hybridized carbons (Fsp3) is 0.0714. The molecule has 0 unspecified atom stereocenters. The topological polar surface area (TPSA) is 58.6 Å². The van der Waals surface area contributed by atoms with E-state index in [1.54, 1.807) is 0 Å². The first kappa shape index (κ1) is 14.1. The minimum atomic E-state index is -0.628. The summed E-state index contributed by atoms with van der Waals surface area (Å²) in [5.74, 6) is -1.09. The molecule has 4 nitrogen and oxygen atoms in total. The Labute approximate surface area is 119 Å². The van der Waals surface area contributed by atoms with Crippen LogP contribution in [0.5, 0.6) is 11.5 Å². The molecule has 20 heavy (non-hydrogen) atoms. The van der Waals surface area contributed by atoms with Gasteiger partial charge < -0.3 is 15.2 Å². The van der Waals surface area contributed by atoms with E-state index in [9.17, 15) is 14.3 Å². The van der Waals surface area contributed by atoms with E-state index in [1.807, 2.05) is 0 Å². The standard InChI is InChI=1S/C14H11ClFNO3/c1-20-13-5-2-8(6-11(13)16)14(19)17-12-4-3-9(18)7-10(12)15/h2-7,18H,1H3,(H,17,19). The number of amides is 1. The van der Waals surface area contributed by atoms with Crippen LogP contribution in [0, 0.1) is 5.82 Å². The van der Waals surface area contributed by atoms with Crippen LogP contribution in [-0.2, 0) is 0 Å².